The molecule has 1 unspecified atom stereocenters. The summed E-state index contributed by atoms with van der Waals surface area (Å²) in [5.74, 6) is -0.794. The molecule has 5 heteroatoms. The Morgan fingerprint density at radius 1 is 1.38 bits per heavy atom. The summed E-state index contributed by atoms with van der Waals surface area (Å²) in [7, 11) is 1.30. The second kappa shape index (κ2) is 5.21. The van der Waals surface area contributed by atoms with Crippen molar-refractivity contribution in [3.8, 4) is 5.75 Å². The van der Waals surface area contributed by atoms with E-state index in [2.05, 4.69) is 0 Å². The number of hydrogen-bond acceptors (Lipinski definition) is 2. The summed E-state index contributed by atoms with van der Waals surface area (Å²) in [5, 5.41) is 0. The van der Waals surface area contributed by atoms with Gasteiger partial charge in [0.05, 0.1) is 7.11 Å². The van der Waals surface area contributed by atoms with E-state index < -0.39 is 12.2 Å². The second-order valence-electron chi connectivity index (χ2n) is 3.68. The molecule has 2 nitrogen and oxygen atoms in total. The third-order valence-corrected chi connectivity index (χ3v) is 2.14. The zero-order valence-corrected chi connectivity index (χ0v) is 9.14. The van der Waals surface area contributed by atoms with Gasteiger partial charge in [-0.15, -0.1) is 0 Å². The second-order valence-corrected chi connectivity index (χ2v) is 3.68. The normalized spacial score (nSPS) is 12.9. The van der Waals surface area contributed by atoms with Crippen molar-refractivity contribution in [1.29, 1.82) is 0 Å². The van der Waals surface area contributed by atoms with Crippen LogP contribution in [-0.2, 0) is 6.42 Å². The topological polar surface area (TPSA) is 35.2 Å². The van der Waals surface area contributed by atoms with E-state index in [1.165, 1.54) is 13.2 Å². The number of benzene rings is 1. The Morgan fingerprint density at radius 3 is 2.44 bits per heavy atom. The molecule has 0 fully saturated rings. The van der Waals surface area contributed by atoms with Crippen LogP contribution < -0.4 is 10.5 Å². The van der Waals surface area contributed by atoms with Crippen LogP contribution >= 0.6 is 0 Å². The molecule has 1 atom stereocenters. The van der Waals surface area contributed by atoms with Gasteiger partial charge in [-0.3, -0.25) is 0 Å². The zero-order chi connectivity index (χ0) is 12.3. The van der Waals surface area contributed by atoms with Crippen LogP contribution in [0.25, 0.3) is 0 Å². The van der Waals surface area contributed by atoms with Crippen LogP contribution in [0.3, 0.4) is 0 Å². The highest BCUT2D eigenvalue weighted by atomic mass is 19.3. The molecule has 16 heavy (non-hydrogen) atoms. The first kappa shape index (κ1) is 12.8. The maximum atomic E-state index is 13.4. The van der Waals surface area contributed by atoms with Gasteiger partial charge in [-0.1, -0.05) is 0 Å². The van der Waals surface area contributed by atoms with Gasteiger partial charge in [-0.05, 0) is 31.0 Å². The molecule has 2 N–H and O–H groups in total. The number of nitrogens with two attached hydrogens (primary N) is 1. The lowest BCUT2D eigenvalue weighted by atomic mass is 10.0. The minimum absolute atomic E-state index is 0.0123. The van der Waals surface area contributed by atoms with Gasteiger partial charge in [0.2, 0.25) is 0 Å². The Kier molecular flexibility index (Phi) is 4.18. The van der Waals surface area contributed by atoms with Crippen molar-refractivity contribution in [1.82, 2.24) is 0 Å². The van der Waals surface area contributed by atoms with E-state index >= 15 is 0 Å². The number of rotatable bonds is 4. The van der Waals surface area contributed by atoms with Crippen LogP contribution in [0.15, 0.2) is 12.1 Å². The SMILES string of the molecule is COc1c(F)cc(C(F)F)cc1CC(C)N. The van der Waals surface area contributed by atoms with E-state index in [0.717, 1.165) is 6.07 Å². The predicted octanol–water partition coefficient (Wildman–Crippen LogP) is 2.66. The molecule has 1 aromatic rings. The number of ether oxygens (including phenoxy) is 1. The highest BCUT2D eigenvalue weighted by Gasteiger charge is 2.17. The van der Waals surface area contributed by atoms with Crippen molar-refractivity contribution in [2.45, 2.75) is 25.8 Å². The molecule has 0 radical (unpaired) electrons. The van der Waals surface area contributed by atoms with E-state index in [4.69, 9.17) is 10.5 Å². The predicted molar refractivity (Wildman–Crippen MR) is 55.3 cm³/mol. The van der Waals surface area contributed by atoms with Gasteiger partial charge < -0.3 is 10.5 Å². The molecule has 0 aliphatic heterocycles. The summed E-state index contributed by atoms with van der Waals surface area (Å²) < 4.78 is 43.2. The Hall–Kier alpha value is -1.23. The lowest BCUT2D eigenvalue weighted by Gasteiger charge is -2.13. The summed E-state index contributed by atoms with van der Waals surface area (Å²) in [6.07, 6.45) is -2.41. The van der Waals surface area contributed by atoms with Crippen molar-refractivity contribution in [2.24, 2.45) is 5.73 Å². The van der Waals surface area contributed by atoms with Crippen molar-refractivity contribution in [3.63, 3.8) is 0 Å². The molecule has 0 aliphatic carbocycles. The van der Waals surface area contributed by atoms with Gasteiger partial charge in [-0.25, -0.2) is 13.2 Å². The molecule has 0 amide bonds. The van der Waals surface area contributed by atoms with E-state index in [0.29, 0.717) is 12.0 Å². The molecular formula is C11H14F3NO. The molecular weight excluding hydrogens is 219 g/mol. The Morgan fingerprint density at radius 2 is 2.00 bits per heavy atom. The average Bonchev–Trinajstić information content (AvgIpc) is 2.16. The summed E-state index contributed by atoms with van der Waals surface area (Å²) >= 11 is 0. The molecule has 0 saturated carbocycles. The van der Waals surface area contributed by atoms with Gasteiger partial charge in [0, 0.05) is 11.6 Å². The molecule has 0 aromatic heterocycles. The molecule has 0 spiro atoms. The van der Waals surface area contributed by atoms with E-state index in [-0.39, 0.29) is 17.4 Å². The fraction of sp³-hybridized carbons (Fsp3) is 0.455. The van der Waals surface area contributed by atoms with Crippen LogP contribution in [0.1, 0.15) is 24.5 Å². The van der Waals surface area contributed by atoms with Crippen LogP contribution in [-0.4, -0.2) is 13.2 Å². The zero-order valence-electron chi connectivity index (χ0n) is 9.14. The largest absolute Gasteiger partial charge is 0.493 e. The van der Waals surface area contributed by atoms with Crippen molar-refractivity contribution < 1.29 is 17.9 Å². The average molecular weight is 233 g/mol. The number of halogens is 3. The van der Waals surface area contributed by atoms with Crippen molar-refractivity contribution in [2.75, 3.05) is 7.11 Å². The number of alkyl halides is 2. The van der Waals surface area contributed by atoms with Crippen LogP contribution in [0, 0.1) is 5.82 Å². The minimum Gasteiger partial charge on any atom is -0.493 e. The maximum Gasteiger partial charge on any atom is 0.263 e. The highest BCUT2D eigenvalue weighted by Crippen LogP contribution is 2.29. The maximum absolute atomic E-state index is 13.4. The van der Waals surface area contributed by atoms with Crippen LogP contribution in [0.4, 0.5) is 13.2 Å². The van der Waals surface area contributed by atoms with Gasteiger partial charge in [0.25, 0.3) is 6.43 Å². The first-order valence-electron chi connectivity index (χ1n) is 4.85. The summed E-state index contributed by atoms with van der Waals surface area (Å²) in [4.78, 5) is 0. The molecule has 0 saturated heterocycles. The first-order valence-corrected chi connectivity index (χ1v) is 4.85. The number of hydrogen-bond donors (Lipinski definition) is 1. The summed E-state index contributed by atoms with van der Waals surface area (Å²) in [6.45, 7) is 1.71. The first-order chi connectivity index (χ1) is 7.45. The lowest BCUT2D eigenvalue weighted by molar-refractivity contribution is 0.150. The highest BCUT2D eigenvalue weighted by molar-refractivity contribution is 5.39. The van der Waals surface area contributed by atoms with Crippen LogP contribution in [0.2, 0.25) is 0 Å². The monoisotopic (exact) mass is 233 g/mol. The third-order valence-electron chi connectivity index (χ3n) is 2.14. The Bertz CT molecular complexity index is 366. The molecule has 0 heterocycles. The van der Waals surface area contributed by atoms with E-state index in [1.54, 1.807) is 6.92 Å². The summed E-state index contributed by atoms with van der Waals surface area (Å²) in [5.41, 5.74) is 5.57. The van der Waals surface area contributed by atoms with Gasteiger partial charge >= 0.3 is 0 Å². The molecule has 1 aromatic carbocycles. The van der Waals surface area contributed by atoms with Crippen LogP contribution in [0.5, 0.6) is 5.75 Å². The Labute approximate surface area is 92.2 Å². The fourth-order valence-corrected chi connectivity index (χ4v) is 1.53. The van der Waals surface area contributed by atoms with Gasteiger partial charge in [-0.2, -0.15) is 0 Å². The van der Waals surface area contributed by atoms with Gasteiger partial charge in [0.15, 0.2) is 11.6 Å². The standard InChI is InChI=1S/C11H14F3NO/c1-6(15)3-7-4-8(11(13)14)5-9(12)10(7)16-2/h4-6,11H,3,15H2,1-2H3. The molecule has 0 aliphatic rings. The quantitative estimate of drug-likeness (QED) is 0.867. The third kappa shape index (κ3) is 2.88. The smallest absolute Gasteiger partial charge is 0.263 e. The molecule has 1 rings (SSSR count). The van der Waals surface area contributed by atoms with Gasteiger partial charge in [0.1, 0.15) is 0 Å². The Balaban J connectivity index is 3.19. The van der Waals surface area contributed by atoms with Crippen molar-refractivity contribution in [3.05, 3.63) is 29.1 Å². The summed E-state index contributed by atoms with van der Waals surface area (Å²) in [6, 6.07) is 1.77. The van der Waals surface area contributed by atoms with E-state index in [1.807, 2.05) is 0 Å². The van der Waals surface area contributed by atoms with Crippen molar-refractivity contribution >= 4 is 0 Å². The molecule has 0 bridgehead atoms. The fourth-order valence-electron chi connectivity index (χ4n) is 1.53. The van der Waals surface area contributed by atoms with E-state index in [9.17, 15) is 13.2 Å². The minimum atomic E-state index is -2.70. The molecule has 90 valence electrons. The lowest BCUT2D eigenvalue weighted by Crippen LogP contribution is -2.18. The number of methoxy groups -OCH3 is 1.